The van der Waals surface area contributed by atoms with E-state index in [1.807, 2.05) is 32.7 Å². The van der Waals surface area contributed by atoms with Crippen LogP contribution in [0.2, 0.25) is 0 Å². The minimum absolute atomic E-state index is 0.119. The molecule has 0 aliphatic carbocycles. The van der Waals surface area contributed by atoms with E-state index in [4.69, 9.17) is 5.11 Å². The van der Waals surface area contributed by atoms with Crippen molar-refractivity contribution >= 4 is 17.8 Å². The van der Waals surface area contributed by atoms with Crippen LogP contribution in [-0.4, -0.2) is 72.0 Å². The Kier molecular flexibility index (Phi) is 11.8. The predicted molar refractivity (Wildman–Crippen MR) is 117 cm³/mol. The van der Waals surface area contributed by atoms with Crippen LogP contribution in [0.5, 0.6) is 0 Å². The van der Waals surface area contributed by atoms with E-state index < -0.39 is 17.4 Å². The second-order valence-electron chi connectivity index (χ2n) is 8.92. The molecule has 0 spiro atoms. The highest BCUT2D eigenvalue weighted by Crippen LogP contribution is 2.22. The van der Waals surface area contributed by atoms with Crippen LogP contribution in [0.15, 0.2) is 11.6 Å². The van der Waals surface area contributed by atoms with Gasteiger partial charge in [-0.3, -0.25) is 14.5 Å². The Labute approximate surface area is 176 Å². The molecule has 2 atom stereocenters. The number of carbonyl (C=O) groups is 3. The van der Waals surface area contributed by atoms with E-state index in [9.17, 15) is 14.4 Å². The number of piperidine rings is 1. The highest BCUT2D eigenvalue weighted by atomic mass is 16.4. The van der Waals surface area contributed by atoms with Crippen molar-refractivity contribution in [3.05, 3.63) is 11.6 Å². The summed E-state index contributed by atoms with van der Waals surface area (Å²) in [7, 11) is 3.55. The van der Waals surface area contributed by atoms with Gasteiger partial charge in [0.1, 0.15) is 6.04 Å². The molecule has 2 N–H and O–H groups in total. The fourth-order valence-corrected chi connectivity index (χ4v) is 2.97. The smallest absolute Gasteiger partial charge is 0.331 e. The molecule has 1 heterocycles. The number of hydrogen-bond acceptors (Lipinski definition) is 4. The molecule has 168 valence electrons. The van der Waals surface area contributed by atoms with Crippen LogP contribution in [0.1, 0.15) is 67.2 Å². The summed E-state index contributed by atoms with van der Waals surface area (Å²) in [4.78, 5) is 40.0. The monoisotopic (exact) mass is 411 g/mol. The Morgan fingerprint density at radius 3 is 2.24 bits per heavy atom. The topological polar surface area (TPSA) is 90.0 Å². The summed E-state index contributed by atoms with van der Waals surface area (Å²) >= 11 is 0. The summed E-state index contributed by atoms with van der Waals surface area (Å²) in [5.74, 6) is -1.35. The number of likely N-dealkylation sites (N-methyl/N-ethyl adjacent to an activating group) is 2. The zero-order valence-corrected chi connectivity index (χ0v) is 19.5. The maximum Gasteiger partial charge on any atom is 0.331 e. The molecule has 0 aromatic carbocycles. The maximum atomic E-state index is 12.9. The molecule has 0 bridgehead atoms. The highest BCUT2D eigenvalue weighted by molar-refractivity contribution is 5.90. The molecule has 0 radical (unpaired) electrons. The van der Waals surface area contributed by atoms with Crippen LogP contribution in [-0.2, 0) is 14.4 Å². The Bertz CT molecular complexity index is 581. The third-order valence-corrected chi connectivity index (χ3v) is 4.86. The first-order chi connectivity index (χ1) is 13.4. The lowest BCUT2D eigenvalue weighted by atomic mass is 9.85. The fourth-order valence-electron chi connectivity index (χ4n) is 2.97. The van der Waals surface area contributed by atoms with Gasteiger partial charge in [-0.05, 0) is 38.8 Å². The van der Waals surface area contributed by atoms with Crippen molar-refractivity contribution in [2.75, 3.05) is 27.2 Å². The van der Waals surface area contributed by atoms with E-state index in [2.05, 4.69) is 19.2 Å². The lowest BCUT2D eigenvalue weighted by molar-refractivity contribution is -0.139. The number of nitrogens with zero attached hydrogens (tertiary/aromatic N) is 2. The van der Waals surface area contributed by atoms with Crippen LogP contribution in [0, 0.1) is 5.41 Å². The maximum absolute atomic E-state index is 12.9. The molecule has 1 rings (SSSR count). The van der Waals surface area contributed by atoms with E-state index in [0.717, 1.165) is 25.8 Å². The van der Waals surface area contributed by atoms with Gasteiger partial charge in [-0.25, -0.2) is 4.79 Å². The van der Waals surface area contributed by atoms with Gasteiger partial charge in [0, 0.05) is 19.2 Å². The largest absolute Gasteiger partial charge is 0.478 e. The number of rotatable bonds is 6. The number of aliphatic carboxylic acids is 1. The molecule has 1 unspecified atom stereocenters. The molecule has 0 aromatic rings. The molecule has 1 aliphatic heterocycles. The molecule has 7 heteroatoms. The fraction of sp³-hybridized carbons (Fsp3) is 0.773. The van der Waals surface area contributed by atoms with E-state index in [1.54, 1.807) is 7.05 Å². The Balaban J connectivity index is 0.00000245. The number of carboxylic acid groups (broad SMARTS) is 1. The SMILES string of the molecule is C/C(=C\CN(C)C(=O)C(NC(=O)[C@H]1CCCCN1C)C(C)(C)C)C(=O)O.CCC. The van der Waals surface area contributed by atoms with Crippen LogP contribution >= 0.6 is 0 Å². The van der Waals surface area contributed by atoms with E-state index >= 15 is 0 Å². The third kappa shape index (κ3) is 9.43. The van der Waals surface area contributed by atoms with Crippen molar-refractivity contribution in [1.82, 2.24) is 15.1 Å². The summed E-state index contributed by atoms with van der Waals surface area (Å²) in [5.41, 5.74) is -0.274. The first-order valence-corrected chi connectivity index (χ1v) is 10.5. The van der Waals surface area contributed by atoms with E-state index in [1.165, 1.54) is 24.3 Å². The van der Waals surface area contributed by atoms with Crippen molar-refractivity contribution < 1.29 is 19.5 Å². The number of nitrogens with one attached hydrogen (secondary N) is 1. The molecule has 2 amide bonds. The van der Waals surface area contributed by atoms with Gasteiger partial charge < -0.3 is 15.3 Å². The molecule has 0 aromatic heterocycles. The van der Waals surface area contributed by atoms with Gasteiger partial charge in [0.25, 0.3) is 0 Å². The lowest BCUT2D eigenvalue weighted by Gasteiger charge is -2.37. The zero-order valence-electron chi connectivity index (χ0n) is 19.5. The van der Waals surface area contributed by atoms with Gasteiger partial charge in [-0.15, -0.1) is 0 Å². The van der Waals surface area contributed by atoms with Gasteiger partial charge >= 0.3 is 5.97 Å². The standard InChI is InChI=1S/C19H33N3O4.C3H8/c1-13(18(25)26)10-12-22(6)17(24)15(19(2,3)4)20-16(23)14-9-7-8-11-21(14)5;1-3-2/h10,14-15H,7-9,11-12H2,1-6H3,(H,20,23)(H,25,26);3H2,1-2H3/b13-10+;/t14-,15?;/m1./s1. The normalized spacial score (nSPS) is 18.9. The minimum Gasteiger partial charge on any atom is -0.478 e. The summed E-state index contributed by atoms with van der Waals surface area (Å²) < 4.78 is 0. The van der Waals surface area contributed by atoms with Crippen molar-refractivity contribution in [2.45, 2.75) is 79.3 Å². The van der Waals surface area contributed by atoms with Crippen LogP contribution in [0.4, 0.5) is 0 Å². The average Bonchev–Trinajstić information content (AvgIpc) is 2.63. The van der Waals surface area contributed by atoms with Crippen molar-refractivity contribution in [3.63, 3.8) is 0 Å². The van der Waals surface area contributed by atoms with Crippen molar-refractivity contribution in [1.29, 1.82) is 0 Å². The number of likely N-dealkylation sites (tertiary alicyclic amines) is 1. The Morgan fingerprint density at radius 2 is 1.79 bits per heavy atom. The molecule has 1 fully saturated rings. The first-order valence-electron chi connectivity index (χ1n) is 10.5. The van der Waals surface area contributed by atoms with Crippen LogP contribution in [0.3, 0.4) is 0 Å². The highest BCUT2D eigenvalue weighted by Gasteiger charge is 2.37. The van der Waals surface area contributed by atoms with Gasteiger partial charge in [0.2, 0.25) is 11.8 Å². The van der Waals surface area contributed by atoms with Gasteiger partial charge in [0.15, 0.2) is 0 Å². The molecular formula is C22H41N3O4. The molecule has 1 aliphatic rings. The lowest BCUT2D eigenvalue weighted by Crippen LogP contribution is -2.58. The summed E-state index contributed by atoms with van der Waals surface area (Å²) in [6, 6.07) is -0.880. The summed E-state index contributed by atoms with van der Waals surface area (Å²) in [5, 5.41) is 11.9. The van der Waals surface area contributed by atoms with Gasteiger partial charge in [-0.1, -0.05) is 53.5 Å². The Morgan fingerprint density at radius 1 is 1.24 bits per heavy atom. The minimum atomic E-state index is -1.01. The number of carbonyl (C=O) groups excluding carboxylic acids is 2. The molecule has 0 saturated carbocycles. The molecule has 1 saturated heterocycles. The molecule has 29 heavy (non-hydrogen) atoms. The second-order valence-corrected chi connectivity index (χ2v) is 8.92. The number of hydrogen-bond donors (Lipinski definition) is 2. The van der Waals surface area contributed by atoms with Crippen LogP contribution < -0.4 is 5.32 Å². The average molecular weight is 412 g/mol. The first kappa shape index (κ1) is 27.1. The second kappa shape index (κ2) is 12.6. The van der Waals surface area contributed by atoms with Gasteiger partial charge in [0.05, 0.1) is 6.04 Å². The molecule has 7 nitrogen and oxygen atoms in total. The van der Waals surface area contributed by atoms with Crippen molar-refractivity contribution in [3.8, 4) is 0 Å². The predicted octanol–water partition coefficient (Wildman–Crippen LogP) is 2.91. The zero-order chi connectivity index (χ0) is 22.8. The summed E-state index contributed by atoms with van der Waals surface area (Å²) in [6.07, 6.45) is 5.64. The molecular weight excluding hydrogens is 370 g/mol. The Hall–Kier alpha value is -1.89. The van der Waals surface area contributed by atoms with Gasteiger partial charge in [-0.2, -0.15) is 0 Å². The third-order valence-electron chi connectivity index (χ3n) is 4.86. The van der Waals surface area contributed by atoms with Crippen molar-refractivity contribution in [2.24, 2.45) is 5.41 Å². The van der Waals surface area contributed by atoms with E-state index in [-0.39, 0.29) is 30.0 Å². The van der Waals surface area contributed by atoms with E-state index in [0.29, 0.717) is 0 Å². The summed E-state index contributed by atoms with van der Waals surface area (Å²) in [6.45, 7) is 12.5. The number of amides is 2. The van der Waals surface area contributed by atoms with Crippen LogP contribution in [0.25, 0.3) is 0 Å². The number of carboxylic acids is 1. The quantitative estimate of drug-likeness (QED) is 0.656.